The third-order valence-electron chi connectivity index (χ3n) is 3.68. The minimum Gasteiger partial charge on any atom is -0.360 e. The maximum atomic E-state index is 4.63. The van der Waals surface area contributed by atoms with Crippen LogP contribution in [0.1, 0.15) is 0 Å². The zero-order valence-electron chi connectivity index (χ0n) is 14.0. The van der Waals surface area contributed by atoms with Gasteiger partial charge in [0.25, 0.3) is 0 Å². The number of rotatable bonds is 2. The minimum absolute atomic E-state index is 0.693. The van der Waals surface area contributed by atoms with Crippen LogP contribution in [0.4, 0.5) is 22.7 Å². The molecule has 2 N–H and O–H groups in total. The van der Waals surface area contributed by atoms with Crippen LogP contribution >= 0.6 is 31.9 Å². The molecule has 0 aromatic heterocycles. The maximum Gasteiger partial charge on any atom is 0.0864 e. The molecule has 0 spiro atoms. The second-order valence-electron chi connectivity index (χ2n) is 5.55. The molecule has 0 fully saturated rings. The van der Waals surface area contributed by atoms with Crippen molar-refractivity contribution in [2.45, 2.75) is 0 Å². The lowest BCUT2D eigenvalue weighted by atomic mass is 10.2. The molecule has 2 aromatic rings. The lowest BCUT2D eigenvalue weighted by Crippen LogP contribution is -1.98. The van der Waals surface area contributed by atoms with Crippen LogP contribution in [-0.2, 0) is 0 Å². The van der Waals surface area contributed by atoms with Crippen molar-refractivity contribution in [1.82, 2.24) is 0 Å². The fourth-order valence-electron chi connectivity index (χ4n) is 2.28. The van der Waals surface area contributed by atoms with Gasteiger partial charge in [-0.25, -0.2) is 0 Å². The van der Waals surface area contributed by atoms with Gasteiger partial charge in [-0.1, -0.05) is 56.1 Å². The molecule has 6 heteroatoms. The fraction of sp³-hybridized carbons (Fsp3) is 0.100. The molecule has 3 rings (SSSR count). The van der Waals surface area contributed by atoms with Crippen LogP contribution < -0.4 is 10.6 Å². The summed E-state index contributed by atoms with van der Waals surface area (Å²) in [6.07, 6.45) is 7.59. The number of benzene rings is 2. The number of halogens is 2. The van der Waals surface area contributed by atoms with Crippen molar-refractivity contribution in [2.24, 2.45) is 9.98 Å². The largest absolute Gasteiger partial charge is 0.360 e. The molecule has 1 aliphatic heterocycles. The van der Waals surface area contributed by atoms with Crippen molar-refractivity contribution in [1.29, 1.82) is 0 Å². The van der Waals surface area contributed by atoms with Gasteiger partial charge < -0.3 is 10.6 Å². The number of hydrogen-bond acceptors (Lipinski definition) is 4. The predicted molar refractivity (Wildman–Crippen MR) is 120 cm³/mol. The Labute approximate surface area is 170 Å². The number of allylic oxidation sites excluding steroid dienone is 2. The number of anilines is 2. The lowest BCUT2D eigenvalue weighted by Gasteiger charge is -2.09. The quantitative estimate of drug-likeness (QED) is 0.511. The molecule has 2 aromatic carbocycles. The van der Waals surface area contributed by atoms with E-state index < -0.39 is 0 Å². The van der Waals surface area contributed by atoms with Gasteiger partial charge in [-0.15, -0.1) is 0 Å². The van der Waals surface area contributed by atoms with E-state index >= 15 is 0 Å². The van der Waals surface area contributed by atoms with Crippen LogP contribution in [0.3, 0.4) is 0 Å². The Bertz CT molecular complexity index is 811. The van der Waals surface area contributed by atoms with E-state index in [1.54, 1.807) is 0 Å². The van der Waals surface area contributed by atoms with Crippen molar-refractivity contribution >= 4 is 67.0 Å². The molecule has 4 nitrogen and oxygen atoms in total. The van der Waals surface area contributed by atoms with Gasteiger partial charge >= 0.3 is 0 Å². The highest BCUT2D eigenvalue weighted by molar-refractivity contribution is 9.09. The molecule has 0 saturated carbocycles. The Morgan fingerprint density at radius 3 is 1.50 bits per heavy atom. The van der Waals surface area contributed by atoms with Crippen LogP contribution in [-0.4, -0.2) is 23.1 Å². The number of fused-ring (bicyclic) bond motifs is 2. The summed E-state index contributed by atoms with van der Waals surface area (Å²) in [6, 6.07) is 15.9. The second-order valence-corrected chi connectivity index (χ2v) is 6.67. The summed E-state index contributed by atoms with van der Waals surface area (Å²) in [5.74, 6) is 0. The van der Waals surface area contributed by atoms with Crippen molar-refractivity contribution in [3.8, 4) is 0 Å². The van der Waals surface area contributed by atoms with Crippen LogP contribution in [0.5, 0.6) is 0 Å². The molecule has 0 aliphatic carbocycles. The first-order valence-corrected chi connectivity index (χ1v) is 10.3. The van der Waals surface area contributed by atoms with Crippen molar-refractivity contribution < 1.29 is 0 Å². The summed E-state index contributed by atoms with van der Waals surface area (Å²) in [6.45, 7) is 0. The Morgan fingerprint density at radius 1 is 0.654 bits per heavy atom. The first-order chi connectivity index (χ1) is 12.8. The standard InChI is InChI=1S/C20H18Br2N4/c21-9-15-11-23-17-5-1-2-6-18(17)24-12-16(10-22)14-26-20-8-4-3-7-19(20)25-13-15/h1-8,11-14,23,26H,9-10H2/b15-11-,16-14-,24-12?,25-13?. The number of para-hydroxylation sites is 4. The molecule has 132 valence electrons. The Kier molecular flexibility index (Phi) is 6.80. The van der Waals surface area contributed by atoms with E-state index in [0.717, 1.165) is 33.9 Å². The molecule has 1 aliphatic rings. The molecule has 0 radical (unpaired) electrons. The zero-order valence-corrected chi connectivity index (χ0v) is 17.2. The van der Waals surface area contributed by atoms with Gasteiger partial charge in [-0.05, 0) is 35.4 Å². The minimum atomic E-state index is 0.693. The SMILES string of the molecule is BrC/C1=C/Nc2ccccc2N=C/C(CBr)=C\Nc2ccccc2N=C1. The third-order valence-corrected chi connectivity index (χ3v) is 4.98. The summed E-state index contributed by atoms with van der Waals surface area (Å²) in [5.41, 5.74) is 5.67. The topological polar surface area (TPSA) is 48.8 Å². The van der Waals surface area contributed by atoms with E-state index in [-0.39, 0.29) is 0 Å². The first kappa shape index (κ1) is 18.6. The number of nitrogens with one attached hydrogen (secondary N) is 2. The van der Waals surface area contributed by atoms with Crippen molar-refractivity contribution in [3.63, 3.8) is 0 Å². The normalized spacial score (nSPS) is 18.1. The van der Waals surface area contributed by atoms with Gasteiger partial charge in [0.1, 0.15) is 0 Å². The summed E-state index contributed by atoms with van der Waals surface area (Å²) in [7, 11) is 0. The molecule has 0 amide bonds. The van der Waals surface area contributed by atoms with E-state index in [1.165, 1.54) is 0 Å². The van der Waals surface area contributed by atoms with Crippen molar-refractivity contribution in [3.05, 3.63) is 72.1 Å². The maximum absolute atomic E-state index is 4.63. The monoisotopic (exact) mass is 472 g/mol. The Morgan fingerprint density at radius 2 is 1.08 bits per heavy atom. The van der Waals surface area contributed by atoms with Crippen LogP contribution in [0.25, 0.3) is 0 Å². The van der Waals surface area contributed by atoms with E-state index in [1.807, 2.05) is 73.4 Å². The number of hydrogen-bond donors (Lipinski definition) is 2. The van der Waals surface area contributed by atoms with Crippen molar-refractivity contribution in [2.75, 3.05) is 21.3 Å². The average Bonchev–Trinajstić information content (AvgIpc) is 2.69. The highest BCUT2D eigenvalue weighted by atomic mass is 79.9. The molecular formula is C20H18Br2N4. The van der Waals surface area contributed by atoms with Crippen LogP contribution in [0.2, 0.25) is 0 Å². The number of aliphatic imine (C=N–C) groups is 2. The van der Waals surface area contributed by atoms with Crippen LogP contribution in [0, 0.1) is 0 Å². The Balaban J connectivity index is 2.06. The second kappa shape index (κ2) is 9.50. The van der Waals surface area contributed by atoms with E-state index in [9.17, 15) is 0 Å². The van der Waals surface area contributed by atoms with Gasteiger partial charge in [-0.3, -0.25) is 9.98 Å². The summed E-state index contributed by atoms with van der Waals surface area (Å²) < 4.78 is 0. The molecule has 1 heterocycles. The average molecular weight is 474 g/mol. The van der Waals surface area contributed by atoms with Crippen LogP contribution in [0.15, 0.2) is 82.1 Å². The molecule has 0 atom stereocenters. The predicted octanol–water partition coefficient (Wildman–Crippen LogP) is 6.19. The first-order valence-electron chi connectivity index (χ1n) is 8.09. The van der Waals surface area contributed by atoms with E-state index in [2.05, 4.69) is 52.5 Å². The summed E-state index contributed by atoms with van der Waals surface area (Å²) in [4.78, 5) is 9.27. The molecule has 0 bridgehead atoms. The highest BCUT2D eigenvalue weighted by Gasteiger charge is 2.02. The van der Waals surface area contributed by atoms with Gasteiger partial charge in [0.2, 0.25) is 0 Å². The molecule has 0 unspecified atom stereocenters. The van der Waals surface area contributed by atoms with E-state index in [4.69, 9.17) is 0 Å². The van der Waals surface area contributed by atoms with Gasteiger partial charge in [-0.2, -0.15) is 0 Å². The molecular weight excluding hydrogens is 456 g/mol. The van der Waals surface area contributed by atoms with Gasteiger partial charge in [0.15, 0.2) is 0 Å². The number of nitrogens with zero attached hydrogens (tertiary/aromatic N) is 2. The molecule has 0 saturated heterocycles. The number of alkyl halides is 2. The zero-order chi connectivity index (χ0) is 18.2. The van der Waals surface area contributed by atoms with Gasteiger partial charge in [0.05, 0.1) is 22.7 Å². The summed E-state index contributed by atoms with van der Waals surface area (Å²) in [5, 5.41) is 8.05. The van der Waals surface area contributed by atoms with Gasteiger partial charge in [0, 0.05) is 35.5 Å². The van der Waals surface area contributed by atoms with E-state index in [0.29, 0.717) is 10.7 Å². The Hall–Kier alpha value is -2.18. The smallest absolute Gasteiger partial charge is 0.0864 e. The highest BCUT2D eigenvalue weighted by Crippen LogP contribution is 2.27. The third kappa shape index (κ3) is 4.93. The summed E-state index contributed by atoms with van der Waals surface area (Å²) >= 11 is 7.03. The molecule has 26 heavy (non-hydrogen) atoms. The fourth-order valence-corrected chi connectivity index (χ4v) is 2.90. The lowest BCUT2D eigenvalue weighted by molar-refractivity contribution is 1.43.